The van der Waals surface area contributed by atoms with Gasteiger partial charge in [0.15, 0.2) is 0 Å². The molecule has 0 radical (unpaired) electrons. The smallest absolute Gasteiger partial charge is 0.224 e. The number of carbonyl (C=O) groups excluding carboxylic acids is 1. The molecule has 1 unspecified atom stereocenters. The van der Waals surface area contributed by atoms with Gasteiger partial charge in [0, 0.05) is 19.1 Å². The minimum atomic E-state index is -3.28. The summed E-state index contributed by atoms with van der Waals surface area (Å²) in [7, 11) is -3.28. The molecule has 1 amide bonds. The summed E-state index contributed by atoms with van der Waals surface area (Å²) in [6, 6.07) is -0.116. The quantitative estimate of drug-likeness (QED) is 0.576. The van der Waals surface area contributed by atoms with E-state index in [1.165, 1.54) is 0 Å². The van der Waals surface area contributed by atoms with Gasteiger partial charge in [-0.05, 0) is 26.8 Å². The van der Waals surface area contributed by atoms with Crippen LogP contribution in [0, 0.1) is 5.92 Å². The topological polar surface area (TPSA) is 87.3 Å². The van der Waals surface area contributed by atoms with Crippen LogP contribution < -0.4 is 15.4 Å². The highest BCUT2D eigenvalue weighted by atomic mass is 32.2. The van der Waals surface area contributed by atoms with Crippen molar-refractivity contribution in [3.63, 3.8) is 0 Å². The van der Waals surface area contributed by atoms with Crippen molar-refractivity contribution in [1.29, 1.82) is 0 Å². The van der Waals surface area contributed by atoms with Gasteiger partial charge in [0.05, 0.1) is 11.7 Å². The van der Waals surface area contributed by atoms with Crippen molar-refractivity contribution in [2.24, 2.45) is 5.92 Å². The third-order valence-corrected chi connectivity index (χ3v) is 4.09. The van der Waals surface area contributed by atoms with Gasteiger partial charge in [-0.2, -0.15) is 0 Å². The number of rotatable bonds is 6. The van der Waals surface area contributed by atoms with Crippen molar-refractivity contribution in [3.8, 4) is 0 Å². The third-order valence-electron chi connectivity index (χ3n) is 2.52. The fourth-order valence-corrected chi connectivity index (χ4v) is 2.96. The van der Waals surface area contributed by atoms with Crippen LogP contribution in [0.2, 0.25) is 0 Å². The standard InChI is InChI=1S/C10H21N3O3S/c1-8(2)13-17(15,16)6-5-12-10(14)9-3-4-11-7-9/h8-9,11,13H,3-7H2,1-2H3,(H,12,14). The first kappa shape index (κ1) is 14.4. The van der Waals surface area contributed by atoms with Crippen LogP contribution in [0.3, 0.4) is 0 Å². The van der Waals surface area contributed by atoms with Crippen molar-refractivity contribution < 1.29 is 13.2 Å². The SMILES string of the molecule is CC(C)NS(=O)(=O)CCNC(=O)C1CCNC1. The van der Waals surface area contributed by atoms with Crippen molar-refractivity contribution in [2.75, 3.05) is 25.4 Å². The summed E-state index contributed by atoms with van der Waals surface area (Å²) in [6.07, 6.45) is 0.822. The Bertz CT molecular complexity index is 348. The highest BCUT2D eigenvalue weighted by molar-refractivity contribution is 7.89. The number of nitrogens with one attached hydrogen (secondary N) is 3. The van der Waals surface area contributed by atoms with Crippen LogP contribution >= 0.6 is 0 Å². The second-order valence-electron chi connectivity index (χ2n) is 4.57. The van der Waals surface area contributed by atoms with Gasteiger partial charge in [0.1, 0.15) is 0 Å². The summed E-state index contributed by atoms with van der Waals surface area (Å²) in [5, 5.41) is 5.75. The summed E-state index contributed by atoms with van der Waals surface area (Å²) in [5.74, 6) is -0.151. The van der Waals surface area contributed by atoms with Crippen LogP contribution in [0.15, 0.2) is 0 Å². The van der Waals surface area contributed by atoms with E-state index >= 15 is 0 Å². The van der Waals surface area contributed by atoms with Crippen molar-refractivity contribution in [3.05, 3.63) is 0 Å². The number of hydrogen-bond donors (Lipinski definition) is 3. The van der Waals surface area contributed by atoms with Gasteiger partial charge in [-0.3, -0.25) is 4.79 Å². The molecule has 1 aliphatic rings. The second-order valence-corrected chi connectivity index (χ2v) is 6.45. The zero-order valence-electron chi connectivity index (χ0n) is 10.3. The normalized spacial score (nSPS) is 20.8. The average molecular weight is 263 g/mol. The molecule has 3 N–H and O–H groups in total. The van der Waals surface area contributed by atoms with E-state index in [1.807, 2.05) is 0 Å². The second kappa shape index (κ2) is 6.32. The summed E-state index contributed by atoms with van der Waals surface area (Å²) in [4.78, 5) is 11.6. The summed E-state index contributed by atoms with van der Waals surface area (Å²) in [5.41, 5.74) is 0. The molecule has 1 heterocycles. The molecular formula is C10H21N3O3S. The Kier molecular flexibility index (Phi) is 5.35. The van der Waals surface area contributed by atoms with Crippen LogP contribution in [0.4, 0.5) is 0 Å². The predicted octanol–water partition coefficient (Wildman–Crippen LogP) is -0.960. The van der Waals surface area contributed by atoms with E-state index in [-0.39, 0.29) is 30.2 Å². The first-order valence-electron chi connectivity index (χ1n) is 5.89. The molecule has 0 bridgehead atoms. The maximum absolute atomic E-state index is 11.6. The zero-order chi connectivity index (χ0) is 12.9. The van der Waals surface area contributed by atoms with Crippen LogP contribution in [0.5, 0.6) is 0 Å². The highest BCUT2D eigenvalue weighted by Crippen LogP contribution is 2.06. The van der Waals surface area contributed by atoms with E-state index in [9.17, 15) is 13.2 Å². The summed E-state index contributed by atoms with van der Waals surface area (Å²) >= 11 is 0. The Balaban J connectivity index is 2.25. The highest BCUT2D eigenvalue weighted by Gasteiger charge is 2.22. The molecule has 0 aromatic rings. The minimum absolute atomic E-state index is 0.0178. The largest absolute Gasteiger partial charge is 0.355 e. The molecule has 0 saturated carbocycles. The van der Waals surface area contributed by atoms with Crippen LogP contribution in [0.25, 0.3) is 0 Å². The molecule has 6 nitrogen and oxygen atoms in total. The molecule has 1 saturated heterocycles. The van der Waals surface area contributed by atoms with Gasteiger partial charge in [0.2, 0.25) is 15.9 Å². The number of hydrogen-bond acceptors (Lipinski definition) is 4. The van der Waals surface area contributed by atoms with E-state index in [2.05, 4.69) is 15.4 Å². The maximum Gasteiger partial charge on any atom is 0.224 e. The fourth-order valence-electron chi connectivity index (χ4n) is 1.75. The molecule has 1 atom stereocenters. The molecule has 100 valence electrons. The Morgan fingerprint density at radius 2 is 2.18 bits per heavy atom. The fraction of sp³-hybridized carbons (Fsp3) is 0.900. The molecule has 0 aromatic carbocycles. The number of sulfonamides is 1. The third kappa shape index (κ3) is 5.47. The maximum atomic E-state index is 11.6. The Morgan fingerprint density at radius 3 is 2.71 bits per heavy atom. The Labute approximate surface area is 103 Å². The summed E-state index contributed by atoms with van der Waals surface area (Å²) in [6.45, 7) is 5.23. The first-order valence-corrected chi connectivity index (χ1v) is 7.54. The lowest BCUT2D eigenvalue weighted by Gasteiger charge is -2.12. The molecule has 17 heavy (non-hydrogen) atoms. The van der Waals surface area contributed by atoms with Gasteiger partial charge < -0.3 is 10.6 Å². The number of amides is 1. The molecule has 0 spiro atoms. The minimum Gasteiger partial charge on any atom is -0.355 e. The molecule has 0 aromatic heterocycles. The molecular weight excluding hydrogens is 242 g/mol. The van der Waals surface area contributed by atoms with Crippen LogP contribution in [-0.2, 0) is 14.8 Å². The lowest BCUT2D eigenvalue weighted by atomic mass is 10.1. The lowest BCUT2D eigenvalue weighted by Crippen LogP contribution is -2.39. The Morgan fingerprint density at radius 1 is 1.47 bits per heavy atom. The first-order chi connectivity index (χ1) is 7.91. The molecule has 1 aliphatic heterocycles. The number of carbonyl (C=O) groups is 1. The van der Waals surface area contributed by atoms with Gasteiger partial charge in [-0.25, -0.2) is 13.1 Å². The van der Waals surface area contributed by atoms with Crippen molar-refractivity contribution in [2.45, 2.75) is 26.3 Å². The van der Waals surface area contributed by atoms with E-state index in [4.69, 9.17) is 0 Å². The molecule has 0 aliphatic carbocycles. The van der Waals surface area contributed by atoms with E-state index in [1.54, 1.807) is 13.8 Å². The van der Waals surface area contributed by atoms with E-state index in [0.717, 1.165) is 13.0 Å². The predicted molar refractivity (Wildman–Crippen MR) is 66.0 cm³/mol. The summed E-state index contributed by atoms with van der Waals surface area (Å²) < 4.78 is 25.4. The van der Waals surface area contributed by atoms with E-state index < -0.39 is 10.0 Å². The van der Waals surface area contributed by atoms with Crippen molar-refractivity contribution >= 4 is 15.9 Å². The lowest BCUT2D eigenvalue weighted by molar-refractivity contribution is -0.124. The van der Waals surface area contributed by atoms with Crippen LogP contribution in [-0.4, -0.2) is 45.8 Å². The monoisotopic (exact) mass is 263 g/mol. The average Bonchev–Trinajstić information content (AvgIpc) is 2.67. The van der Waals surface area contributed by atoms with Gasteiger partial charge in [0.25, 0.3) is 0 Å². The van der Waals surface area contributed by atoms with Gasteiger partial charge in [-0.1, -0.05) is 0 Å². The van der Waals surface area contributed by atoms with Crippen LogP contribution in [0.1, 0.15) is 20.3 Å². The Hall–Kier alpha value is -0.660. The van der Waals surface area contributed by atoms with E-state index in [0.29, 0.717) is 6.54 Å². The molecule has 1 rings (SSSR count). The molecule has 1 fully saturated rings. The zero-order valence-corrected chi connectivity index (χ0v) is 11.1. The van der Waals surface area contributed by atoms with Crippen molar-refractivity contribution in [1.82, 2.24) is 15.4 Å². The van der Waals surface area contributed by atoms with Gasteiger partial charge in [-0.15, -0.1) is 0 Å². The molecule has 7 heteroatoms. The van der Waals surface area contributed by atoms with Gasteiger partial charge >= 0.3 is 0 Å².